The first-order valence-electron chi connectivity index (χ1n) is 7.49. The van der Waals surface area contributed by atoms with E-state index in [0.717, 1.165) is 16.7 Å². The number of hydrogen-bond acceptors (Lipinski definition) is 6. The summed E-state index contributed by atoms with van der Waals surface area (Å²) < 4.78 is 12.4. The third-order valence-electron chi connectivity index (χ3n) is 3.83. The monoisotopic (exact) mass is 334 g/mol. The molecule has 2 heterocycles. The van der Waals surface area contributed by atoms with Crippen LogP contribution >= 0.6 is 0 Å². The van der Waals surface area contributed by atoms with E-state index >= 15 is 0 Å². The number of H-pyrrole nitrogens is 1. The third kappa shape index (κ3) is 2.48. The number of aromatic nitrogens is 4. The van der Waals surface area contributed by atoms with Crippen LogP contribution in [0.25, 0.3) is 16.8 Å². The second kappa shape index (κ2) is 5.72. The molecule has 25 heavy (non-hydrogen) atoms. The zero-order chi connectivity index (χ0) is 17.4. The van der Waals surface area contributed by atoms with Gasteiger partial charge in [0.1, 0.15) is 0 Å². The van der Waals surface area contributed by atoms with Crippen molar-refractivity contribution < 1.29 is 9.47 Å². The highest BCUT2D eigenvalue weighted by molar-refractivity contribution is 5.83. The van der Waals surface area contributed by atoms with Crippen LogP contribution in [-0.4, -0.2) is 33.8 Å². The van der Waals surface area contributed by atoms with Gasteiger partial charge in [-0.1, -0.05) is 6.07 Å². The number of fused-ring (bicyclic) bond motifs is 3. The van der Waals surface area contributed by atoms with Crippen LogP contribution in [0.5, 0.6) is 11.5 Å². The highest BCUT2D eigenvalue weighted by Crippen LogP contribution is 2.32. The zero-order valence-electron chi connectivity index (χ0n) is 13.6. The van der Waals surface area contributed by atoms with Crippen molar-refractivity contribution in [2.24, 2.45) is 0 Å². The van der Waals surface area contributed by atoms with Gasteiger partial charge in [-0.05, 0) is 18.2 Å². The van der Waals surface area contributed by atoms with E-state index in [0.29, 0.717) is 28.8 Å². The summed E-state index contributed by atoms with van der Waals surface area (Å²) in [7, 11) is 3.17. The number of aromatic amines is 1. The fraction of sp³-hybridized carbons (Fsp3) is 0.118. The molecule has 0 bridgehead atoms. The lowest BCUT2D eigenvalue weighted by atomic mass is 10.2. The molecule has 8 nitrogen and oxygen atoms in total. The summed E-state index contributed by atoms with van der Waals surface area (Å²) in [5, 5.41) is 15.3. The van der Waals surface area contributed by atoms with Gasteiger partial charge in [-0.3, -0.25) is 5.10 Å². The van der Waals surface area contributed by atoms with Gasteiger partial charge >= 0.3 is 0 Å². The molecule has 0 aliphatic carbocycles. The summed E-state index contributed by atoms with van der Waals surface area (Å²) in [5.41, 5.74) is 2.90. The van der Waals surface area contributed by atoms with E-state index in [1.807, 2.05) is 18.2 Å². The molecule has 8 heteroatoms. The van der Waals surface area contributed by atoms with Gasteiger partial charge in [0.05, 0.1) is 36.9 Å². The second-order valence-electron chi connectivity index (χ2n) is 5.33. The Labute approximate surface area is 142 Å². The number of anilines is 2. The summed E-state index contributed by atoms with van der Waals surface area (Å²) in [5.74, 6) is 2.27. The number of nitrogens with zero attached hydrogens (tertiary/aromatic N) is 4. The van der Waals surface area contributed by atoms with Crippen LogP contribution in [0, 0.1) is 11.3 Å². The molecule has 124 valence electrons. The molecule has 0 saturated heterocycles. The minimum absolute atomic E-state index is 0.518. The number of hydrogen-bond donors (Lipinski definition) is 2. The van der Waals surface area contributed by atoms with Crippen molar-refractivity contribution in [1.82, 2.24) is 19.6 Å². The second-order valence-corrected chi connectivity index (χ2v) is 5.33. The van der Waals surface area contributed by atoms with E-state index in [1.54, 1.807) is 36.9 Å². The van der Waals surface area contributed by atoms with E-state index < -0.39 is 0 Å². The maximum Gasteiger partial charge on any atom is 0.253 e. The molecule has 4 aromatic rings. The molecule has 0 unspecified atom stereocenters. The van der Waals surface area contributed by atoms with Crippen molar-refractivity contribution in [2.45, 2.75) is 0 Å². The first-order chi connectivity index (χ1) is 12.2. The molecular formula is C17H14N6O2. The molecule has 0 spiro atoms. The van der Waals surface area contributed by atoms with Crippen LogP contribution in [0.2, 0.25) is 0 Å². The van der Waals surface area contributed by atoms with Gasteiger partial charge in [0.15, 0.2) is 11.5 Å². The Kier molecular flexibility index (Phi) is 3.40. The van der Waals surface area contributed by atoms with Gasteiger partial charge in [-0.15, -0.1) is 0 Å². The number of imidazole rings is 1. The average molecular weight is 334 g/mol. The van der Waals surface area contributed by atoms with Gasteiger partial charge in [-0.25, -0.2) is 9.50 Å². The van der Waals surface area contributed by atoms with Crippen molar-refractivity contribution in [3.05, 3.63) is 42.0 Å². The lowest BCUT2D eigenvalue weighted by molar-refractivity contribution is 0.355. The Morgan fingerprint density at radius 3 is 2.68 bits per heavy atom. The molecule has 2 N–H and O–H groups in total. The summed E-state index contributed by atoms with van der Waals surface area (Å²) in [6.07, 6.45) is 0. The molecule has 4 rings (SSSR count). The Hall–Kier alpha value is -3.73. The van der Waals surface area contributed by atoms with Crippen molar-refractivity contribution in [2.75, 3.05) is 19.5 Å². The topological polar surface area (TPSA) is 100 Å². The fourth-order valence-electron chi connectivity index (χ4n) is 2.67. The molecule has 2 aromatic carbocycles. The predicted octanol–water partition coefficient (Wildman–Crippen LogP) is 2.84. The highest BCUT2D eigenvalue weighted by Gasteiger charge is 2.14. The van der Waals surface area contributed by atoms with E-state index in [1.165, 1.54) is 0 Å². The summed E-state index contributed by atoms with van der Waals surface area (Å²) in [6, 6.07) is 12.9. The van der Waals surface area contributed by atoms with E-state index in [2.05, 4.69) is 26.5 Å². The molecule has 0 fully saturated rings. The highest BCUT2D eigenvalue weighted by atomic mass is 16.5. The molecular weight excluding hydrogens is 320 g/mol. The van der Waals surface area contributed by atoms with Crippen LogP contribution in [0.4, 0.5) is 11.6 Å². The zero-order valence-corrected chi connectivity index (χ0v) is 13.6. The van der Waals surface area contributed by atoms with Crippen LogP contribution in [0.1, 0.15) is 5.56 Å². The van der Waals surface area contributed by atoms with Gasteiger partial charge in [0, 0.05) is 17.8 Å². The fourth-order valence-corrected chi connectivity index (χ4v) is 2.67. The van der Waals surface area contributed by atoms with Crippen molar-refractivity contribution >= 4 is 28.4 Å². The standard InChI is InChI=1S/C17H14N6O2/c1-24-14-7-12-13(8-15(14)25-2)23-17(20-12)21-16(22-23)19-11-5-3-4-10(6-11)9-18/h3-8H,1-2H3,(H2,19,20,21,22). The van der Waals surface area contributed by atoms with Crippen molar-refractivity contribution in [1.29, 1.82) is 5.26 Å². The number of rotatable bonds is 4. The Morgan fingerprint density at radius 2 is 1.92 bits per heavy atom. The van der Waals surface area contributed by atoms with E-state index in [4.69, 9.17) is 14.7 Å². The van der Waals surface area contributed by atoms with Crippen LogP contribution < -0.4 is 14.8 Å². The Morgan fingerprint density at radius 1 is 1.12 bits per heavy atom. The minimum Gasteiger partial charge on any atom is -0.493 e. The van der Waals surface area contributed by atoms with Crippen LogP contribution in [-0.2, 0) is 0 Å². The van der Waals surface area contributed by atoms with Crippen LogP contribution in [0.3, 0.4) is 0 Å². The number of methoxy groups -OCH3 is 2. The average Bonchev–Trinajstić information content (AvgIpc) is 3.17. The Balaban J connectivity index is 1.76. The predicted molar refractivity (Wildman–Crippen MR) is 92.4 cm³/mol. The smallest absolute Gasteiger partial charge is 0.253 e. The molecule has 0 aliphatic rings. The Bertz CT molecular complexity index is 1120. The van der Waals surface area contributed by atoms with Crippen molar-refractivity contribution in [3.8, 4) is 17.6 Å². The quantitative estimate of drug-likeness (QED) is 0.595. The summed E-state index contributed by atoms with van der Waals surface area (Å²) in [6.45, 7) is 0. The van der Waals surface area contributed by atoms with Crippen molar-refractivity contribution in [3.63, 3.8) is 0 Å². The molecule has 0 atom stereocenters. The number of benzene rings is 2. The summed E-state index contributed by atoms with van der Waals surface area (Å²) in [4.78, 5) is 8.92. The molecule has 0 amide bonds. The van der Waals surface area contributed by atoms with E-state index in [-0.39, 0.29) is 0 Å². The van der Waals surface area contributed by atoms with Gasteiger partial charge in [0.25, 0.3) is 5.78 Å². The maximum absolute atomic E-state index is 8.98. The SMILES string of the molecule is COc1cc2nc3nc(Nc4cccc(C#N)c4)[nH]n3c2cc1OC. The van der Waals surface area contributed by atoms with E-state index in [9.17, 15) is 0 Å². The maximum atomic E-state index is 8.98. The minimum atomic E-state index is 0.518. The normalized spacial score (nSPS) is 10.8. The van der Waals surface area contributed by atoms with Gasteiger partial charge in [-0.2, -0.15) is 10.2 Å². The van der Waals surface area contributed by atoms with Gasteiger partial charge < -0.3 is 14.8 Å². The number of nitrogens with one attached hydrogen (secondary N) is 2. The van der Waals surface area contributed by atoms with Crippen LogP contribution in [0.15, 0.2) is 36.4 Å². The lowest BCUT2D eigenvalue weighted by Crippen LogP contribution is -1.95. The molecule has 0 saturated carbocycles. The first kappa shape index (κ1) is 14.8. The third-order valence-corrected chi connectivity index (χ3v) is 3.83. The summed E-state index contributed by atoms with van der Waals surface area (Å²) >= 11 is 0. The molecule has 0 radical (unpaired) electrons. The molecule has 0 aliphatic heterocycles. The largest absolute Gasteiger partial charge is 0.493 e. The first-order valence-corrected chi connectivity index (χ1v) is 7.49. The number of nitriles is 1. The lowest BCUT2D eigenvalue weighted by Gasteiger charge is -2.06. The number of ether oxygens (including phenoxy) is 2. The molecule has 2 aromatic heterocycles. The van der Waals surface area contributed by atoms with Gasteiger partial charge in [0.2, 0.25) is 5.95 Å².